The molecule has 0 aliphatic carbocycles. The molecule has 2 rings (SSSR count). The Hall–Kier alpha value is -0.940. The number of aryl methyl sites for hydroxylation is 1. The van der Waals surface area contributed by atoms with E-state index in [1.807, 2.05) is 25.2 Å². The first-order valence-electron chi connectivity index (χ1n) is 4.38. The molecule has 15 heavy (non-hydrogen) atoms. The third-order valence-electron chi connectivity index (χ3n) is 2.07. The summed E-state index contributed by atoms with van der Waals surface area (Å²) < 4.78 is 2.80. The summed E-state index contributed by atoms with van der Waals surface area (Å²) in [6.45, 7) is 1.52. The Morgan fingerprint density at radius 3 is 2.73 bits per heavy atom. The molecule has 0 saturated carbocycles. The minimum atomic E-state index is -0.00697. The lowest BCUT2D eigenvalue weighted by molar-refractivity contribution is 0.101. The van der Waals surface area contributed by atoms with Gasteiger partial charge in [-0.25, -0.2) is 0 Å². The molecule has 3 nitrogen and oxygen atoms in total. The number of ketones is 1. The normalized spacial score (nSPS) is 10.6. The van der Waals surface area contributed by atoms with Crippen LogP contribution in [0.15, 0.2) is 22.0 Å². The van der Waals surface area contributed by atoms with Crippen molar-refractivity contribution in [2.45, 2.75) is 6.92 Å². The average Bonchev–Trinajstić information content (AvgIpc) is 2.71. The Bertz CT molecular complexity index is 515. The molecule has 78 valence electrons. The van der Waals surface area contributed by atoms with Gasteiger partial charge in [0.1, 0.15) is 5.69 Å². The minimum absolute atomic E-state index is 0.00697. The van der Waals surface area contributed by atoms with E-state index in [2.05, 4.69) is 21.0 Å². The van der Waals surface area contributed by atoms with Crippen LogP contribution in [0.25, 0.3) is 10.6 Å². The first-order valence-corrected chi connectivity index (χ1v) is 5.99. The van der Waals surface area contributed by atoms with Crippen LogP contribution in [0.5, 0.6) is 0 Å². The van der Waals surface area contributed by atoms with Crippen molar-refractivity contribution in [3.63, 3.8) is 0 Å². The summed E-state index contributed by atoms with van der Waals surface area (Å²) in [4.78, 5) is 12.3. The molecule has 0 aliphatic rings. The first kappa shape index (κ1) is 10.6. The van der Waals surface area contributed by atoms with Gasteiger partial charge in [-0.2, -0.15) is 5.10 Å². The van der Waals surface area contributed by atoms with Crippen LogP contribution in [0.1, 0.15) is 17.4 Å². The van der Waals surface area contributed by atoms with Crippen molar-refractivity contribution in [2.24, 2.45) is 7.05 Å². The molecular formula is C10H9BrN2OS. The van der Waals surface area contributed by atoms with E-state index in [4.69, 9.17) is 0 Å². The maximum absolute atomic E-state index is 11.2. The maximum atomic E-state index is 11.2. The van der Waals surface area contributed by atoms with Crippen molar-refractivity contribution in [3.05, 3.63) is 27.7 Å². The van der Waals surface area contributed by atoms with E-state index in [1.54, 1.807) is 16.0 Å². The van der Waals surface area contributed by atoms with Gasteiger partial charge in [-0.15, -0.1) is 11.3 Å². The first-order chi connectivity index (χ1) is 7.08. The predicted octanol–water partition coefficient (Wildman–Crippen LogP) is 3.11. The molecule has 2 heterocycles. The summed E-state index contributed by atoms with van der Waals surface area (Å²) in [6.07, 6.45) is 0. The fourth-order valence-electron chi connectivity index (χ4n) is 1.32. The molecule has 0 unspecified atom stereocenters. The number of nitrogens with zero attached hydrogens (tertiary/aromatic N) is 2. The number of carbonyl (C=O) groups is 1. The molecule has 0 fully saturated rings. The van der Waals surface area contributed by atoms with Gasteiger partial charge < -0.3 is 0 Å². The minimum Gasteiger partial charge on any atom is -0.293 e. The van der Waals surface area contributed by atoms with Gasteiger partial charge in [0.05, 0.1) is 14.4 Å². The van der Waals surface area contributed by atoms with E-state index in [1.165, 1.54) is 6.92 Å². The Morgan fingerprint density at radius 1 is 1.53 bits per heavy atom. The summed E-state index contributed by atoms with van der Waals surface area (Å²) in [7, 11) is 1.84. The molecule has 0 N–H and O–H groups in total. The molecule has 0 aliphatic heterocycles. The van der Waals surface area contributed by atoms with Gasteiger partial charge in [0, 0.05) is 14.0 Å². The lowest BCUT2D eigenvalue weighted by atomic mass is 10.2. The van der Waals surface area contributed by atoms with E-state index in [-0.39, 0.29) is 5.78 Å². The third kappa shape index (κ3) is 2.03. The topological polar surface area (TPSA) is 34.9 Å². The maximum Gasteiger partial charge on any atom is 0.180 e. The average molecular weight is 285 g/mol. The van der Waals surface area contributed by atoms with Crippen molar-refractivity contribution < 1.29 is 4.79 Å². The molecule has 0 saturated heterocycles. The van der Waals surface area contributed by atoms with Gasteiger partial charge in [0.15, 0.2) is 5.78 Å². The molecular weight excluding hydrogens is 276 g/mol. The zero-order chi connectivity index (χ0) is 11.0. The molecule has 5 heteroatoms. The number of halogens is 1. The monoisotopic (exact) mass is 284 g/mol. The Kier molecular flexibility index (Phi) is 2.75. The Morgan fingerprint density at radius 2 is 2.27 bits per heavy atom. The van der Waals surface area contributed by atoms with Crippen molar-refractivity contribution in [1.29, 1.82) is 0 Å². The van der Waals surface area contributed by atoms with Gasteiger partial charge in [-0.1, -0.05) is 0 Å². The van der Waals surface area contributed by atoms with Gasteiger partial charge in [0.25, 0.3) is 0 Å². The number of rotatable bonds is 2. The number of thiophene rings is 1. The molecule has 0 radical (unpaired) electrons. The lowest BCUT2D eigenvalue weighted by Gasteiger charge is -1.95. The van der Waals surface area contributed by atoms with Gasteiger partial charge >= 0.3 is 0 Å². The Labute approximate surface area is 99.9 Å². The number of carbonyl (C=O) groups excluding carboxylic acids is 1. The van der Waals surface area contributed by atoms with Gasteiger partial charge in [-0.05, 0) is 34.1 Å². The van der Waals surface area contributed by atoms with Crippen LogP contribution in [0.4, 0.5) is 0 Å². The summed E-state index contributed by atoms with van der Waals surface area (Å²) >= 11 is 5.04. The molecule has 0 amide bonds. The molecule has 2 aromatic rings. The van der Waals surface area contributed by atoms with Crippen molar-refractivity contribution in [3.8, 4) is 10.6 Å². The highest BCUT2D eigenvalue weighted by molar-refractivity contribution is 9.11. The van der Waals surface area contributed by atoms with Crippen LogP contribution in [0, 0.1) is 0 Å². The third-order valence-corrected chi connectivity index (χ3v) is 3.71. The van der Waals surface area contributed by atoms with Crippen molar-refractivity contribution in [2.75, 3.05) is 0 Å². The number of Topliss-reactive ketones (excluding diaryl/α,β-unsaturated/α-hetero) is 1. The van der Waals surface area contributed by atoms with E-state index in [9.17, 15) is 4.79 Å². The fourth-order valence-corrected chi connectivity index (χ4v) is 2.76. The van der Waals surface area contributed by atoms with Gasteiger partial charge in [-0.3, -0.25) is 9.48 Å². The standard InChI is InChI=1S/C10H9BrN2OS/c1-6(14)7-5-8(13(2)12-7)9-3-4-10(11)15-9/h3-5H,1-2H3. The van der Waals surface area contributed by atoms with Crippen molar-refractivity contribution >= 4 is 33.0 Å². The smallest absolute Gasteiger partial charge is 0.180 e. The molecule has 0 spiro atoms. The molecule has 0 bridgehead atoms. The predicted molar refractivity (Wildman–Crippen MR) is 64.2 cm³/mol. The highest BCUT2D eigenvalue weighted by Crippen LogP contribution is 2.31. The quantitative estimate of drug-likeness (QED) is 0.795. The van der Waals surface area contributed by atoms with E-state index in [0.29, 0.717) is 5.69 Å². The van der Waals surface area contributed by atoms with Crippen LogP contribution in [0.3, 0.4) is 0 Å². The summed E-state index contributed by atoms with van der Waals surface area (Å²) in [5.74, 6) is -0.00697. The van der Waals surface area contributed by atoms with Crippen LogP contribution >= 0.6 is 27.3 Å². The largest absolute Gasteiger partial charge is 0.293 e. The van der Waals surface area contributed by atoms with Crippen LogP contribution in [0.2, 0.25) is 0 Å². The summed E-state index contributed by atoms with van der Waals surface area (Å²) in [6, 6.07) is 5.82. The second-order valence-corrected chi connectivity index (χ2v) is 5.66. The van der Waals surface area contributed by atoms with E-state index >= 15 is 0 Å². The van der Waals surface area contributed by atoms with Crippen LogP contribution in [-0.2, 0) is 7.05 Å². The van der Waals surface area contributed by atoms with E-state index in [0.717, 1.165) is 14.4 Å². The number of hydrogen-bond donors (Lipinski definition) is 0. The molecule has 0 atom stereocenters. The lowest BCUT2D eigenvalue weighted by Crippen LogP contribution is -1.96. The zero-order valence-corrected chi connectivity index (χ0v) is 10.7. The number of hydrogen-bond acceptors (Lipinski definition) is 3. The number of aromatic nitrogens is 2. The van der Waals surface area contributed by atoms with E-state index < -0.39 is 0 Å². The van der Waals surface area contributed by atoms with Crippen LogP contribution in [-0.4, -0.2) is 15.6 Å². The van der Waals surface area contributed by atoms with Crippen LogP contribution < -0.4 is 0 Å². The second-order valence-electron chi connectivity index (χ2n) is 3.20. The summed E-state index contributed by atoms with van der Waals surface area (Å²) in [5, 5.41) is 4.15. The second kappa shape index (κ2) is 3.90. The summed E-state index contributed by atoms with van der Waals surface area (Å²) in [5.41, 5.74) is 1.48. The fraction of sp³-hybridized carbons (Fsp3) is 0.200. The van der Waals surface area contributed by atoms with Crippen molar-refractivity contribution in [1.82, 2.24) is 9.78 Å². The Balaban J connectivity index is 2.49. The zero-order valence-electron chi connectivity index (χ0n) is 8.32. The SMILES string of the molecule is CC(=O)c1cc(-c2ccc(Br)s2)n(C)n1. The molecule has 0 aromatic carbocycles. The highest BCUT2D eigenvalue weighted by Gasteiger charge is 2.11. The van der Waals surface area contributed by atoms with Gasteiger partial charge in [0.2, 0.25) is 0 Å². The molecule has 2 aromatic heterocycles. The highest BCUT2D eigenvalue weighted by atomic mass is 79.9.